The van der Waals surface area contributed by atoms with Gasteiger partial charge in [-0.05, 0) is 42.3 Å². The lowest BCUT2D eigenvalue weighted by Crippen LogP contribution is -2.19. The average molecular weight is 354 g/mol. The van der Waals surface area contributed by atoms with Gasteiger partial charge in [-0.1, -0.05) is 12.1 Å². The predicted octanol–water partition coefficient (Wildman–Crippen LogP) is 3.88. The van der Waals surface area contributed by atoms with Gasteiger partial charge < -0.3 is 19.5 Å². The van der Waals surface area contributed by atoms with Crippen LogP contribution in [-0.4, -0.2) is 20.3 Å². The molecule has 6 heteroatoms. The summed E-state index contributed by atoms with van der Waals surface area (Å²) < 4.78 is 29.8. The number of hydrogen-bond acceptors (Lipinski definition) is 4. The quantitative estimate of drug-likeness (QED) is 0.885. The smallest absolute Gasteiger partial charge is 0.165 e. The third-order valence-corrected chi connectivity index (χ3v) is 3.89. The Bertz CT molecular complexity index is 696. The van der Waals surface area contributed by atoms with Crippen LogP contribution in [-0.2, 0) is 6.54 Å². The molecule has 3 rings (SSSR count). The normalized spacial score (nSPS) is 13.8. The zero-order valence-corrected chi connectivity index (χ0v) is 14.5. The summed E-state index contributed by atoms with van der Waals surface area (Å²) >= 11 is 0. The number of rotatable bonds is 5. The zero-order valence-electron chi connectivity index (χ0n) is 13.7. The van der Waals surface area contributed by atoms with E-state index in [2.05, 4.69) is 12.2 Å². The fourth-order valence-electron chi connectivity index (χ4n) is 2.54. The van der Waals surface area contributed by atoms with E-state index in [1.807, 2.05) is 24.3 Å². The Morgan fingerprint density at radius 1 is 1.12 bits per heavy atom. The van der Waals surface area contributed by atoms with E-state index in [-0.39, 0.29) is 30.0 Å². The zero-order chi connectivity index (χ0) is 16.2. The highest BCUT2D eigenvalue weighted by Gasteiger charge is 2.14. The minimum atomic E-state index is -0.348. The average Bonchev–Trinajstić information content (AvgIpc) is 2.59. The number of fused-ring (bicyclic) bond motifs is 1. The van der Waals surface area contributed by atoms with E-state index in [9.17, 15) is 4.39 Å². The van der Waals surface area contributed by atoms with Crippen LogP contribution in [0.25, 0.3) is 0 Å². The lowest BCUT2D eigenvalue weighted by Gasteiger charge is -2.21. The van der Waals surface area contributed by atoms with Crippen LogP contribution in [0.2, 0.25) is 0 Å². The summed E-state index contributed by atoms with van der Waals surface area (Å²) in [5.74, 6) is 1.47. The van der Waals surface area contributed by atoms with Crippen LogP contribution in [0.4, 0.5) is 4.39 Å². The number of halogens is 2. The van der Waals surface area contributed by atoms with Crippen molar-refractivity contribution in [2.75, 3.05) is 20.3 Å². The van der Waals surface area contributed by atoms with Crippen molar-refractivity contribution in [2.24, 2.45) is 0 Å². The second-order valence-corrected chi connectivity index (χ2v) is 5.47. The Labute approximate surface area is 147 Å². The third-order valence-electron chi connectivity index (χ3n) is 3.89. The minimum absolute atomic E-state index is 0. The van der Waals surface area contributed by atoms with Gasteiger partial charge in [0.25, 0.3) is 0 Å². The molecule has 0 fully saturated rings. The summed E-state index contributed by atoms with van der Waals surface area (Å²) in [7, 11) is 1.46. The lowest BCUT2D eigenvalue weighted by molar-refractivity contribution is 0.171. The van der Waals surface area contributed by atoms with Crippen molar-refractivity contribution in [3.05, 3.63) is 53.3 Å². The van der Waals surface area contributed by atoms with Crippen molar-refractivity contribution in [3.8, 4) is 17.2 Å². The molecule has 1 aliphatic heterocycles. The van der Waals surface area contributed by atoms with Crippen molar-refractivity contribution in [2.45, 2.75) is 19.5 Å². The molecule has 0 radical (unpaired) electrons. The van der Waals surface area contributed by atoms with E-state index in [0.717, 1.165) is 22.6 Å². The van der Waals surface area contributed by atoms with Gasteiger partial charge in [-0.3, -0.25) is 0 Å². The molecule has 1 N–H and O–H groups in total. The number of hydrogen-bond donors (Lipinski definition) is 1. The van der Waals surface area contributed by atoms with Crippen LogP contribution < -0.4 is 19.5 Å². The molecule has 0 aliphatic carbocycles. The van der Waals surface area contributed by atoms with Gasteiger partial charge in [-0.15, -0.1) is 12.4 Å². The maximum Gasteiger partial charge on any atom is 0.165 e. The van der Waals surface area contributed by atoms with E-state index in [1.54, 1.807) is 6.07 Å². The molecule has 1 heterocycles. The Morgan fingerprint density at radius 2 is 1.88 bits per heavy atom. The van der Waals surface area contributed by atoms with Gasteiger partial charge in [0.05, 0.1) is 7.11 Å². The second-order valence-electron chi connectivity index (χ2n) is 5.47. The highest BCUT2D eigenvalue weighted by atomic mass is 35.5. The molecular formula is C18H21ClFNO3. The highest BCUT2D eigenvalue weighted by molar-refractivity contribution is 5.85. The number of nitrogens with one attached hydrogen (secondary N) is 1. The SMILES string of the molecule is COc1ccc(CNC(C)c2ccc3c(c2)OCCO3)cc1F.Cl. The first-order valence-corrected chi connectivity index (χ1v) is 7.62. The van der Waals surface area contributed by atoms with Gasteiger partial charge in [0.2, 0.25) is 0 Å². The van der Waals surface area contributed by atoms with Crippen LogP contribution in [0.1, 0.15) is 24.1 Å². The van der Waals surface area contributed by atoms with Crippen LogP contribution in [0, 0.1) is 5.82 Å². The van der Waals surface area contributed by atoms with E-state index < -0.39 is 0 Å². The number of benzene rings is 2. The second kappa shape index (κ2) is 8.22. The molecule has 0 spiro atoms. The van der Waals surface area contributed by atoms with Crippen molar-refractivity contribution >= 4 is 12.4 Å². The Kier molecular flexibility index (Phi) is 6.29. The first-order valence-electron chi connectivity index (χ1n) is 7.62. The van der Waals surface area contributed by atoms with Crippen LogP contribution >= 0.6 is 12.4 Å². The lowest BCUT2D eigenvalue weighted by atomic mass is 10.1. The number of methoxy groups -OCH3 is 1. The molecule has 0 aromatic heterocycles. The Morgan fingerprint density at radius 3 is 2.58 bits per heavy atom. The first-order chi connectivity index (χ1) is 11.2. The van der Waals surface area contributed by atoms with Crippen molar-refractivity contribution < 1.29 is 18.6 Å². The van der Waals surface area contributed by atoms with Gasteiger partial charge in [-0.2, -0.15) is 0 Å². The first kappa shape index (κ1) is 18.4. The molecule has 0 bridgehead atoms. The fraction of sp³-hybridized carbons (Fsp3) is 0.333. The standard InChI is InChI=1S/C18H20FNO3.ClH/c1-12(14-4-6-17-18(10-14)23-8-7-22-17)20-11-13-3-5-16(21-2)15(19)9-13;/h3-6,9-10,12,20H,7-8,11H2,1-2H3;1H. The molecule has 1 unspecified atom stereocenters. The Hall–Kier alpha value is -1.98. The van der Waals surface area contributed by atoms with Crippen LogP contribution in [0.5, 0.6) is 17.2 Å². The van der Waals surface area contributed by atoms with E-state index in [1.165, 1.54) is 13.2 Å². The van der Waals surface area contributed by atoms with Gasteiger partial charge in [0.15, 0.2) is 23.1 Å². The molecule has 1 aliphatic rings. The maximum atomic E-state index is 13.7. The molecule has 2 aromatic rings. The summed E-state index contributed by atoms with van der Waals surface area (Å²) in [6.45, 7) is 3.79. The van der Waals surface area contributed by atoms with Crippen molar-refractivity contribution in [1.29, 1.82) is 0 Å². The molecule has 0 saturated carbocycles. The molecule has 4 nitrogen and oxygen atoms in total. The number of ether oxygens (including phenoxy) is 3. The Balaban J connectivity index is 0.00000208. The largest absolute Gasteiger partial charge is 0.494 e. The van der Waals surface area contributed by atoms with Crippen molar-refractivity contribution in [1.82, 2.24) is 5.32 Å². The monoisotopic (exact) mass is 353 g/mol. The molecule has 24 heavy (non-hydrogen) atoms. The van der Waals surface area contributed by atoms with E-state index in [0.29, 0.717) is 19.8 Å². The third kappa shape index (κ3) is 4.10. The molecule has 2 aromatic carbocycles. The van der Waals surface area contributed by atoms with Crippen LogP contribution in [0.3, 0.4) is 0 Å². The van der Waals surface area contributed by atoms with Crippen molar-refractivity contribution in [3.63, 3.8) is 0 Å². The molecule has 0 amide bonds. The summed E-state index contributed by atoms with van der Waals surface area (Å²) in [6.07, 6.45) is 0. The summed E-state index contributed by atoms with van der Waals surface area (Å²) in [5, 5.41) is 3.38. The minimum Gasteiger partial charge on any atom is -0.494 e. The molecule has 1 atom stereocenters. The van der Waals surface area contributed by atoms with Gasteiger partial charge in [-0.25, -0.2) is 4.39 Å². The van der Waals surface area contributed by atoms with Gasteiger partial charge in [0.1, 0.15) is 13.2 Å². The molecule has 0 saturated heterocycles. The maximum absolute atomic E-state index is 13.7. The molecule has 130 valence electrons. The van der Waals surface area contributed by atoms with Gasteiger partial charge in [0, 0.05) is 12.6 Å². The summed E-state index contributed by atoms with van der Waals surface area (Å²) in [4.78, 5) is 0. The van der Waals surface area contributed by atoms with Gasteiger partial charge >= 0.3 is 0 Å². The highest BCUT2D eigenvalue weighted by Crippen LogP contribution is 2.32. The molecular weight excluding hydrogens is 333 g/mol. The van der Waals surface area contributed by atoms with E-state index >= 15 is 0 Å². The van der Waals surface area contributed by atoms with Crippen LogP contribution in [0.15, 0.2) is 36.4 Å². The topological polar surface area (TPSA) is 39.7 Å². The predicted molar refractivity (Wildman–Crippen MR) is 92.9 cm³/mol. The van der Waals surface area contributed by atoms with E-state index in [4.69, 9.17) is 14.2 Å². The summed E-state index contributed by atoms with van der Waals surface area (Å²) in [6, 6.07) is 11.0. The summed E-state index contributed by atoms with van der Waals surface area (Å²) in [5.41, 5.74) is 1.97. The fourth-order valence-corrected chi connectivity index (χ4v) is 2.54.